The van der Waals surface area contributed by atoms with Crippen LogP contribution in [-0.4, -0.2) is 29.6 Å². The zero-order valence-corrected chi connectivity index (χ0v) is 11.1. The van der Waals surface area contributed by atoms with E-state index in [0.717, 1.165) is 32.2 Å². The third-order valence-corrected chi connectivity index (χ3v) is 3.53. The summed E-state index contributed by atoms with van der Waals surface area (Å²) in [6, 6.07) is 0.0561. The third kappa shape index (κ3) is 2.97. The molecule has 0 radical (unpaired) electrons. The molecular formula is C13H26N2O. The van der Waals surface area contributed by atoms with Gasteiger partial charge in [-0.3, -0.25) is 10.1 Å². The Morgan fingerprint density at radius 2 is 2.06 bits per heavy atom. The molecule has 1 aliphatic rings. The molecule has 3 heteroatoms. The van der Waals surface area contributed by atoms with Gasteiger partial charge in [-0.2, -0.15) is 0 Å². The van der Waals surface area contributed by atoms with Crippen LogP contribution in [-0.2, 0) is 4.79 Å². The van der Waals surface area contributed by atoms with Gasteiger partial charge < -0.3 is 4.90 Å². The van der Waals surface area contributed by atoms with Crippen LogP contribution >= 0.6 is 0 Å². The van der Waals surface area contributed by atoms with Gasteiger partial charge in [-0.1, -0.05) is 40.5 Å². The summed E-state index contributed by atoms with van der Waals surface area (Å²) in [4.78, 5) is 14.2. The first-order valence-electron chi connectivity index (χ1n) is 6.70. The average molecular weight is 226 g/mol. The summed E-state index contributed by atoms with van der Waals surface area (Å²) in [5.41, 5.74) is 0. The Morgan fingerprint density at radius 1 is 1.38 bits per heavy atom. The molecule has 1 rings (SSSR count). The molecular weight excluding hydrogens is 200 g/mol. The minimum Gasteiger partial charge on any atom is -0.326 e. The number of hydrogen-bond acceptors (Lipinski definition) is 2. The molecule has 1 N–H and O–H groups in total. The van der Waals surface area contributed by atoms with E-state index in [2.05, 4.69) is 37.9 Å². The number of carbonyl (C=O) groups is 1. The number of hydrogen-bond donors (Lipinski definition) is 1. The lowest BCUT2D eigenvalue weighted by molar-refractivity contribution is -0.130. The van der Waals surface area contributed by atoms with Crippen molar-refractivity contribution in [2.45, 2.75) is 65.6 Å². The highest BCUT2D eigenvalue weighted by Gasteiger charge is 2.37. The lowest BCUT2D eigenvalue weighted by Crippen LogP contribution is -2.39. The topological polar surface area (TPSA) is 32.3 Å². The minimum absolute atomic E-state index is 0.0561. The van der Waals surface area contributed by atoms with E-state index in [9.17, 15) is 4.79 Å². The second-order valence-corrected chi connectivity index (χ2v) is 4.94. The summed E-state index contributed by atoms with van der Waals surface area (Å²) in [7, 11) is 0. The van der Waals surface area contributed by atoms with E-state index in [1.807, 2.05) is 0 Å². The van der Waals surface area contributed by atoms with Gasteiger partial charge in [0, 0.05) is 6.54 Å². The molecule has 0 aromatic carbocycles. The highest BCUT2D eigenvalue weighted by molar-refractivity contribution is 5.84. The second kappa shape index (κ2) is 6.24. The molecule has 1 heterocycles. The fourth-order valence-corrected chi connectivity index (χ4v) is 2.23. The van der Waals surface area contributed by atoms with Crippen molar-refractivity contribution in [2.75, 3.05) is 6.54 Å². The number of rotatable bonds is 6. The van der Waals surface area contributed by atoms with Crippen molar-refractivity contribution in [1.82, 2.24) is 10.2 Å². The van der Waals surface area contributed by atoms with Crippen LogP contribution < -0.4 is 5.32 Å². The van der Waals surface area contributed by atoms with Gasteiger partial charge in [0.1, 0.15) is 0 Å². The van der Waals surface area contributed by atoms with E-state index >= 15 is 0 Å². The summed E-state index contributed by atoms with van der Waals surface area (Å²) < 4.78 is 0. The molecule has 0 saturated carbocycles. The first kappa shape index (κ1) is 13.5. The van der Waals surface area contributed by atoms with Gasteiger partial charge in [0.25, 0.3) is 0 Å². The molecule has 0 aromatic rings. The van der Waals surface area contributed by atoms with Gasteiger partial charge in [0.05, 0.1) is 12.2 Å². The van der Waals surface area contributed by atoms with Crippen LogP contribution in [0, 0.1) is 5.92 Å². The van der Waals surface area contributed by atoms with Gasteiger partial charge in [-0.05, 0) is 18.8 Å². The largest absolute Gasteiger partial charge is 0.326 e. The van der Waals surface area contributed by atoms with Crippen LogP contribution in [0.2, 0.25) is 0 Å². The molecule has 0 bridgehead atoms. The molecule has 3 nitrogen and oxygen atoms in total. The Labute approximate surface area is 99.6 Å². The van der Waals surface area contributed by atoms with Crippen LogP contribution in [0.4, 0.5) is 0 Å². The van der Waals surface area contributed by atoms with Gasteiger partial charge in [0.15, 0.2) is 0 Å². The Kier molecular flexibility index (Phi) is 5.26. The maximum atomic E-state index is 12.1. The number of nitrogens with one attached hydrogen (secondary N) is 1. The average Bonchev–Trinajstić information content (AvgIpc) is 2.57. The van der Waals surface area contributed by atoms with Gasteiger partial charge in [0.2, 0.25) is 5.91 Å². The quantitative estimate of drug-likeness (QED) is 0.754. The first-order chi connectivity index (χ1) is 7.63. The van der Waals surface area contributed by atoms with Crippen molar-refractivity contribution in [3.05, 3.63) is 0 Å². The van der Waals surface area contributed by atoms with Crippen molar-refractivity contribution in [3.8, 4) is 0 Å². The maximum Gasteiger partial charge on any atom is 0.241 e. The SMILES string of the molecule is CCCC1NC(CC)C(=O)N1CC(C)CC. The standard InChI is InChI=1S/C13H26N2O/c1-5-8-12-14-11(7-3)13(16)15(12)9-10(4)6-2/h10-12,14H,5-9H2,1-4H3. The monoisotopic (exact) mass is 226 g/mol. The van der Waals surface area contributed by atoms with Crippen LogP contribution in [0.3, 0.4) is 0 Å². The van der Waals surface area contributed by atoms with Gasteiger partial charge in [-0.15, -0.1) is 0 Å². The number of carbonyl (C=O) groups excluding carboxylic acids is 1. The second-order valence-electron chi connectivity index (χ2n) is 4.94. The van der Waals surface area contributed by atoms with E-state index < -0.39 is 0 Å². The molecule has 16 heavy (non-hydrogen) atoms. The molecule has 1 amide bonds. The highest BCUT2D eigenvalue weighted by Crippen LogP contribution is 2.19. The maximum absolute atomic E-state index is 12.1. The first-order valence-corrected chi connectivity index (χ1v) is 6.70. The van der Waals surface area contributed by atoms with E-state index in [0.29, 0.717) is 11.8 Å². The molecule has 1 saturated heterocycles. The fourth-order valence-electron chi connectivity index (χ4n) is 2.23. The van der Waals surface area contributed by atoms with E-state index in [4.69, 9.17) is 0 Å². The van der Waals surface area contributed by atoms with E-state index in [-0.39, 0.29) is 12.2 Å². The van der Waals surface area contributed by atoms with Crippen molar-refractivity contribution in [1.29, 1.82) is 0 Å². The lowest BCUT2D eigenvalue weighted by Gasteiger charge is -2.26. The number of amides is 1. The lowest BCUT2D eigenvalue weighted by atomic mass is 10.1. The van der Waals surface area contributed by atoms with Crippen LogP contribution in [0.5, 0.6) is 0 Å². The smallest absolute Gasteiger partial charge is 0.241 e. The molecule has 94 valence electrons. The van der Waals surface area contributed by atoms with E-state index in [1.165, 1.54) is 0 Å². The van der Waals surface area contributed by atoms with Gasteiger partial charge in [-0.25, -0.2) is 0 Å². The zero-order valence-electron chi connectivity index (χ0n) is 11.1. The summed E-state index contributed by atoms with van der Waals surface area (Å²) in [5, 5.41) is 3.45. The summed E-state index contributed by atoms with van der Waals surface area (Å²) in [5.74, 6) is 0.905. The third-order valence-electron chi connectivity index (χ3n) is 3.53. The van der Waals surface area contributed by atoms with Crippen LogP contribution in [0.25, 0.3) is 0 Å². The van der Waals surface area contributed by atoms with Crippen molar-refractivity contribution >= 4 is 5.91 Å². The van der Waals surface area contributed by atoms with Crippen molar-refractivity contribution < 1.29 is 4.79 Å². The number of nitrogens with zero attached hydrogens (tertiary/aromatic N) is 1. The zero-order chi connectivity index (χ0) is 12.1. The molecule has 1 fully saturated rings. The Morgan fingerprint density at radius 3 is 2.56 bits per heavy atom. The highest BCUT2D eigenvalue weighted by atomic mass is 16.2. The van der Waals surface area contributed by atoms with Crippen molar-refractivity contribution in [3.63, 3.8) is 0 Å². The van der Waals surface area contributed by atoms with E-state index in [1.54, 1.807) is 0 Å². The summed E-state index contributed by atoms with van der Waals surface area (Å²) in [6.45, 7) is 9.56. The molecule has 0 spiro atoms. The Hall–Kier alpha value is -0.570. The molecule has 1 aliphatic heterocycles. The normalized spacial score (nSPS) is 27.5. The van der Waals surface area contributed by atoms with Crippen LogP contribution in [0.15, 0.2) is 0 Å². The molecule has 0 aliphatic carbocycles. The molecule has 3 atom stereocenters. The Balaban J connectivity index is 2.64. The van der Waals surface area contributed by atoms with Crippen molar-refractivity contribution in [2.24, 2.45) is 5.92 Å². The molecule has 3 unspecified atom stereocenters. The Bertz CT molecular complexity index is 230. The summed E-state index contributed by atoms with van der Waals surface area (Å²) >= 11 is 0. The fraction of sp³-hybridized carbons (Fsp3) is 0.923. The molecule has 0 aromatic heterocycles. The predicted molar refractivity (Wildman–Crippen MR) is 67.1 cm³/mol. The predicted octanol–water partition coefficient (Wildman–Crippen LogP) is 2.37. The minimum atomic E-state index is 0.0561. The van der Waals surface area contributed by atoms with Gasteiger partial charge >= 0.3 is 0 Å². The van der Waals surface area contributed by atoms with Crippen LogP contribution in [0.1, 0.15) is 53.4 Å². The summed E-state index contributed by atoms with van der Waals surface area (Å²) in [6.07, 6.45) is 4.50.